The van der Waals surface area contributed by atoms with Gasteiger partial charge in [-0.15, -0.1) is 0 Å². The van der Waals surface area contributed by atoms with E-state index in [1.54, 1.807) is 0 Å². The maximum absolute atomic E-state index is 5.94. The van der Waals surface area contributed by atoms with Gasteiger partial charge in [0.25, 0.3) is 0 Å². The van der Waals surface area contributed by atoms with Gasteiger partial charge < -0.3 is 18.9 Å². The van der Waals surface area contributed by atoms with Gasteiger partial charge in [0.15, 0.2) is 12.1 Å². The SMILES string of the molecule is CCOC(CC1(c2ccc(Cl)cc2)OCCO1)OCC. The van der Waals surface area contributed by atoms with E-state index in [9.17, 15) is 0 Å². The summed E-state index contributed by atoms with van der Waals surface area (Å²) in [4.78, 5) is 0. The number of benzene rings is 1. The summed E-state index contributed by atoms with van der Waals surface area (Å²) in [5, 5.41) is 0.688. The molecule has 5 heteroatoms. The van der Waals surface area contributed by atoms with E-state index in [0.29, 0.717) is 37.9 Å². The largest absolute Gasteiger partial charge is 0.353 e. The lowest BCUT2D eigenvalue weighted by molar-refractivity contribution is -0.235. The zero-order chi connectivity index (χ0) is 14.4. The van der Waals surface area contributed by atoms with Gasteiger partial charge in [0.1, 0.15) is 0 Å². The van der Waals surface area contributed by atoms with Gasteiger partial charge in [0, 0.05) is 23.8 Å². The van der Waals surface area contributed by atoms with Crippen molar-refractivity contribution in [3.63, 3.8) is 0 Å². The lowest BCUT2D eigenvalue weighted by Gasteiger charge is -2.31. The number of ether oxygens (including phenoxy) is 4. The maximum atomic E-state index is 5.94. The van der Waals surface area contributed by atoms with Crippen LogP contribution in [0.5, 0.6) is 0 Å². The van der Waals surface area contributed by atoms with Crippen molar-refractivity contribution in [2.24, 2.45) is 0 Å². The van der Waals surface area contributed by atoms with Gasteiger partial charge in [-0.3, -0.25) is 0 Å². The van der Waals surface area contributed by atoms with Gasteiger partial charge in [-0.2, -0.15) is 0 Å². The molecule has 0 unspecified atom stereocenters. The number of halogens is 1. The third kappa shape index (κ3) is 3.71. The molecule has 0 amide bonds. The summed E-state index contributed by atoms with van der Waals surface area (Å²) >= 11 is 5.94. The monoisotopic (exact) mass is 300 g/mol. The molecule has 0 bridgehead atoms. The summed E-state index contributed by atoms with van der Waals surface area (Å²) in [6.07, 6.45) is 0.148. The van der Waals surface area contributed by atoms with Crippen LogP contribution in [0.1, 0.15) is 25.8 Å². The van der Waals surface area contributed by atoms with Crippen LogP contribution in [0.25, 0.3) is 0 Å². The maximum Gasteiger partial charge on any atom is 0.199 e. The molecule has 1 aromatic rings. The molecule has 0 N–H and O–H groups in total. The van der Waals surface area contributed by atoms with E-state index in [4.69, 9.17) is 30.5 Å². The molecule has 0 aromatic heterocycles. The zero-order valence-corrected chi connectivity index (χ0v) is 12.7. The third-order valence-corrected chi connectivity index (χ3v) is 3.43. The van der Waals surface area contributed by atoms with Gasteiger partial charge in [-0.05, 0) is 26.0 Å². The molecule has 0 atom stereocenters. The Hall–Kier alpha value is -0.650. The van der Waals surface area contributed by atoms with E-state index in [1.807, 2.05) is 38.1 Å². The topological polar surface area (TPSA) is 36.9 Å². The first-order valence-corrected chi connectivity index (χ1v) is 7.35. The lowest BCUT2D eigenvalue weighted by Crippen LogP contribution is -2.34. The van der Waals surface area contributed by atoms with Crippen molar-refractivity contribution in [2.45, 2.75) is 32.3 Å². The highest BCUT2D eigenvalue weighted by molar-refractivity contribution is 6.30. The Morgan fingerprint density at radius 2 is 1.65 bits per heavy atom. The fraction of sp³-hybridized carbons (Fsp3) is 0.600. The summed E-state index contributed by atoms with van der Waals surface area (Å²) in [7, 11) is 0. The van der Waals surface area contributed by atoms with Crippen molar-refractivity contribution < 1.29 is 18.9 Å². The lowest BCUT2D eigenvalue weighted by atomic mass is 10.0. The van der Waals surface area contributed by atoms with Crippen LogP contribution in [-0.2, 0) is 24.7 Å². The van der Waals surface area contributed by atoms with E-state index >= 15 is 0 Å². The minimum atomic E-state index is -0.806. The fourth-order valence-corrected chi connectivity index (χ4v) is 2.44. The van der Waals surface area contributed by atoms with Gasteiger partial charge in [-0.25, -0.2) is 0 Å². The molecule has 2 rings (SSSR count). The standard InChI is InChI=1S/C15H21ClO4/c1-3-17-14(18-4-2)11-15(19-9-10-20-15)12-5-7-13(16)8-6-12/h5-8,14H,3-4,9-11H2,1-2H3. The molecule has 1 heterocycles. The second kappa shape index (κ2) is 7.38. The van der Waals surface area contributed by atoms with Crippen molar-refractivity contribution in [2.75, 3.05) is 26.4 Å². The summed E-state index contributed by atoms with van der Waals surface area (Å²) in [6, 6.07) is 7.51. The summed E-state index contributed by atoms with van der Waals surface area (Å²) in [5.41, 5.74) is 0.934. The van der Waals surface area contributed by atoms with Crippen LogP contribution in [0.4, 0.5) is 0 Å². The number of hydrogen-bond acceptors (Lipinski definition) is 4. The van der Waals surface area contributed by atoms with Crippen LogP contribution in [0, 0.1) is 0 Å². The van der Waals surface area contributed by atoms with E-state index in [2.05, 4.69) is 0 Å². The molecule has 0 radical (unpaired) electrons. The van der Waals surface area contributed by atoms with E-state index < -0.39 is 5.79 Å². The average Bonchev–Trinajstić information content (AvgIpc) is 2.90. The van der Waals surface area contributed by atoms with Crippen molar-refractivity contribution in [1.29, 1.82) is 0 Å². The van der Waals surface area contributed by atoms with Crippen LogP contribution in [0.3, 0.4) is 0 Å². The predicted molar refractivity (Wildman–Crippen MR) is 76.7 cm³/mol. The molecule has 1 fully saturated rings. The van der Waals surface area contributed by atoms with E-state index in [1.165, 1.54) is 0 Å². The van der Waals surface area contributed by atoms with Gasteiger partial charge in [0.2, 0.25) is 0 Å². The Balaban J connectivity index is 2.18. The third-order valence-electron chi connectivity index (χ3n) is 3.18. The van der Waals surface area contributed by atoms with Gasteiger partial charge in [-0.1, -0.05) is 23.7 Å². The molecule has 20 heavy (non-hydrogen) atoms. The molecule has 1 aromatic carbocycles. The summed E-state index contributed by atoms with van der Waals surface area (Å²) < 4.78 is 22.9. The molecule has 0 saturated carbocycles. The highest BCUT2D eigenvalue weighted by atomic mass is 35.5. The van der Waals surface area contributed by atoms with Crippen molar-refractivity contribution in [1.82, 2.24) is 0 Å². The molecular formula is C15H21ClO4. The summed E-state index contributed by atoms with van der Waals surface area (Å²) in [5.74, 6) is -0.806. The molecule has 112 valence electrons. The van der Waals surface area contributed by atoms with Crippen LogP contribution >= 0.6 is 11.6 Å². The second-order valence-electron chi connectivity index (χ2n) is 4.50. The first kappa shape index (κ1) is 15.7. The highest BCUT2D eigenvalue weighted by Gasteiger charge is 2.41. The second-order valence-corrected chi connectivity index (χ2v) is 4.94. The minimum absolute atomic E-state index is 0.348. The molecule has 1 aliphatic rings. The predicted octanol–water partition coefficient (Wildman–Crippen LogP) is 3.33. The van der Waals surface area contributed by atoms with Crippen LogP contribution in [0.2, 0.25) is 5.02 Å². The summed E-state index contributed by atoms with van der Waals surface area (Å²) in [6.45, 7) is 6.18. The van der Waals surface area contributed by atoms with Crippen molar-refractivity contribution >= 4 is 11.6 Å². The smallest absolute Gasteiger partial charge is 0.199 e. The first-order chi connectivity index (χ1) is 9.70. The van der Waals surface area contributed by atoms with Crippen LogP contribution in [-0.4, -0.2) is 32.7 Å². The van der Waals surface area contributed by atoms with Gasteiger partial charge >= 0.3 is 0 Å². The minimum Gasteiger partial charge on any atom is -0.353 e. The molecule has 1 aliphatic heterocycles. The quantitative estimate of drug-likeness (QED) is 0.724. The average molecular weight is 301 g/mol. The molecule has 0 spiro atoms. The number of hydrogen-bond donors (Lipinski definition) is 0. The molecule has 0 aliphatic carbocycles. The van der Waals surface area contributed by atoms with E-state index in [-0.39, 0.29) is 6.29 Å². The molecule has 1 saturated heterocycles. The first-order valence-electron chi connectivity index (χ1n) is 6.97. The highest BCUT2D eigenvalue weighted by Crippen LogP contribution is 2.37. The Labute approximate surface area is 124 Å². The van der Waals surface area contributed by atoms with Crippen molar-refractivity contribution in [3.05, 3.63) is 34.9 Å². The van der Waals surface area contributed by atoms with Crippen LogP contribution in [0.15, 0.2) is 24.3 Å². The normalized spacial score (nSPS) is 17.8. The van der Waals surface area contributed by atoms with Crippen molar-refractivity contribution in [3.8, 4) is 0 Å². The number of rotatable bonds is 7. The molecular weight excluding hydrogens is 280 g/mol. The Morgan fingerprint density at radius 3 is 2.15 bits per heavy atom. The fourth-order valence-electron chi connectivity index (χ4n) is 2.32. The van der Waals surface area contributed by atoms with Gasteiger partial charge in [0.05, 0.1) is 19.6 Å². The molecule has 4 nitrogen and oxygen atoms in total. The Kier molecular flexibility index (Phi) is 5.81. The Morgan fingerprint density at radius 1 is 1.10 bits per heavy atom. The zero-order valence-electron chi connectivity index (χ0n) is 11.9. The Bertz CT molecular complexity index is 395. The van der Waals surface area contributed by atoms with Crippen LogP contribution < -0.4 is 0 Å². The van der Waals surface area contributed by atoms with E-state index in [0.717, 1.165) is 5.56 Å².